The highest BCUT2D eigenvalue weighted by molar-refractivity contribution is 5.85. The van der Waals surface area contributed by atoms with Gasteiger partial charge in [0, 0.05) is 19.1 Å². The first-order valence-corrected chi connectivity index (χ1v) is 9.23. The molecule has 1 saturated carbocycles. The van der Waals surface area contributed by atoms with Crippen molar-refractivity contribution >= 4 is 12.4 Å². The Morgan fingerprint density at radius 2 is 1.92 bits per heavy atom. The van der Waals surface area contributed by atoms with Crippen LogP contribution in [0.3, 0.4) is 0 Å². The highest BCUT2D eigenvalue weighted by atomic mass is 35.5. The molecule has 0 bridgehead atoms. The molecule has 1 aromatic carbocycles. The summed E-state index contributed by atoms with van der Waals surface area (Å²) in [6, 6.07) is 7.23. The summed E-state index contributed by atoms with van der Waals surface area (Å²) < 4.78 is 6.29. The fourth-order valence-electron chi connectivity index (χ4n) is 4.05. The second-order valence-corrected chi connectivity index (χ2v) is 7.37. The smallest absolute Gasteiger partial charge is 0.0730 e. The zero-order chi connectivity index (χ0) is 16.2. The van der Waals surface area contributed by atoms with Crippen LogP contribution >= 0.6 is 12.4 Å². The summed E-state index contributed by atoms with van der Waals surface area (Å²) in [5.74, 6) is 0. The molecular formula is C20H32ClNO2. The summed E-state index contributed by atoms with van der Waals surface area (Å²) in [7, 11) is 0. The van der Waals surface area contributed by atoms with Gasteiger partial charge in [0.05, 0.1) is 18.8 Å². The third-order valence-corrected chi connectivity index (χ3v) is 5.63. The monoisotopic (exact) mass is 353 g/mol. The third kappa shape index (κ3) is 4.95. The van der Waals surface area contributed by atoms with Crippen molar-refractivity contribution in [3.05, 3.63) is 34.9 Å². The standard InChI is InChI=1S/C20H31NO2.ClH/c1-15-7-8-17(13-16(15)2)10-12-23-20-6-4-3-5-19(20)21-11-9-18(22)14-21;/h7-8,13,18-20,22H,3-6,9-12,14H2,1-2H3;1H. The number of likely N-dealkylation sites (tertiary alicyclic amines) is 1. The van der Waals surface area contributed by atoms with Crippen LogP contribution in [0.1, 0.15) is 48.8 Å². The van der Waals surface area contributed by atoms with Crippen molar-refractivity contribution in [3.63, 3.8) is 0 Å². The van der Waals surface area contributed by atoms with Gasteiger partial charge in [-0.15, -0.1) is 12.4 Å². The van der Waals surface area contributed by atoms with Crippen LogP contribution < -0.4 is 0 Å². The molecule has 1 aliphatic carbocycles. The number of benzene rings is 1. The molecule has 3 atom stereocenters. The second kappa shape index (κ2) is 9.19. The van der Waals surface area contributed by atoms with Crippen molar-refractivity contribution < 1.29 is 9.84 Å². The Labute approximate surface area is 152 Å². The predicted molar refractivity (Wildman–Crippen MR) is 101 cm³/mol. The van der Waals surface area contributed by atoms with Crippen LogP contribution in [0.15, 0.2) is 18.2 Å². The lowest BCUT2D eigenvalue weighted by molar-refractivity contribution is -0.0316. The van der Waals surface area contributed by atoms with Crippen LogP contribution in [0.25, 0.3) is 0 Å². The highest BCUT2D eigenvalue weighted by Crippen LogP contribution is 2.28. The summed E-state index contributed by atoms with van der Waals surface area (Å²) in [5, 5.41) is 9.81. The van der Waals surface area contributed by atoms with Crippen molar-refractivity contribution in [1.29, 1.82) is 0 Å². The average molecular weight is 354 g/mol. The first kappa shape index (κ1) is 19.7. The maximum absolute atomic E-state index is 9.81. The summed E-state index contributed by atoms with van der Waals surface area (Å²) in [6.45, 7) is 7.01. The van der Waals surface area contributed by atoms with Crippen molar-refractivity contribution in [2.24, 2.45) is 0 Å². The number of hydrogen-bond donors (Lipinski definition) is 1. The van der Waals surface area contributed by atoms with Gasteiger partial charge in [0.15, 0.2) is 0 Å². The minimum atomic E-state index is -0.131. The molecule has 0 aromatic heterocycles. The van der Waals surface area contributed by atoms with E-state index in [4.69, 9.17) is 4.74 Å². The van der Waals surface area contributed by atoms with E-state index in [1.807, 2.05) is 0 Å². The zero-order valence-electron chi connectivity index (χ0n) is 15.0. The van der Waals surface area contributed by atoms with Gasteiger partial charge >= 0.3 is 0 Å². The Kier molecular flexibility index (Phi) is 7.55. The summed E-state index contributed by atoms with van der Waals surface area (Å²) >= 11 is 0. The lowest BCUT2D eigenvalue weighted by atomic mass is 9.91. The fourth-order valence-corrected chi connectivity index (χ4v) is 4.05. The predicted octanol–water partition coefficient (Wildman–Crippen LogP) is 3.66. The number of β-amino-alcohol motifs (C(OH)–C–C–N with tert-alkyl or cyclic N) is 1. The van der Waals surface area contributed by atoms with Gasteiger partial charge in [-0.3, -0.25) is 4.90 Å². The van der Waals surface area contributed by atoms with E-state index in [9.17, 15) is 5.11 Å². The van der Waals surface area contributed by atoms with Crippen LogP contribution in [-0.4, -0.2) is 48.0 Å². The largest absolute Gasteiger partial charge is 0.392 e. The minimum Gasteiger partial charge on any atom is -0.392 e. The van der Waals surface area contributed by atoms with E-state index in [-0.39, 0.29) is 18.5 Å². The Bertz CT molecular complexity index is 522. The second-order valence-electron chi connectivity index (χ2n) is 7.37. The maximum atomic E-state index is 9.81. The van der Waals surface area contributed by atoms with Crippen molar-refractivity contribution in [2.75, 3.05) is 19.7 Å². The van der Waals surface area contributed by atoms with E-state index in [2.05, 4.69) is 36.9 Å². The number of ether oxygens (including phenoxy) is 1. The lowest BCUT2D eigenvalue weighted by Gasteiger charge is -2.37. The number of aliphatic hydroxyl groups excluding tert-OH is 1. The van der Waals surface area contributed by atoms with Crippen LogP contribution in [0.5, 0.6) is 0 Å². The Morgan fingerprint density at radius 1 is 1.12 bits per heavy atom. The van der Waals surface area contributed by atoms with Crippen LogP contribution in [-0.2, 0) is 11.2 Å². The molecule has 0 amide bonds. The van der Waals surface area contributed by atoms with Gasteiger partial charge in [0.1, 0.15) is 0 Å². The molecule has 2 aliphatic rings. The SMILES string of the molecule is Cc1ccc(CCOC2CCCCC2N2CCC(O)C2)cc1C.Cl. The Hall–Kier alpha value is -0.610. The summed E-state index contributed by atoms with van der Waals surface area (Å²) in [5.41, 5.74) is 4.09. The van der Waals surface area contributed by atoms with E-state index >= 15 is 0 Å². The molecule has 1 heterocycles. The number of hydrogen-bond acceptors (Lipinski definition) is 3. The van der Waals surface area contributed by atoms with Gasteiger partial charge in [-0.05, 0) is 56.2 Å². The molecule has 136 valence electrons. The van der Waals surface area contributed by atoms with Crippen molar-refractivity contribution in [2.45, 2.75) is 70.6 Å². The van der Waals surface area contributed by atoms with Gasteiger partial charge in [0.2, 0.25) is 0 Å². The summed E-state index contributed by atoms with van der Waals surface area (Å²) in [6.07, 6.45) is 7.10. The molecule has 4 heteroatoms. The minimum absolute atomic E-state index is 0. The van der Waals surface area contributed by atoms with E-state index < -0.39 is 0 Å². The van der Waals surface area contributed by atoms with E-state index in [1.54, 1.807) is 0 Å². The molecule has 3 unspecified atom stereocenters. The molecule has 2 fully saturated rings. The van der Waals surface area contributed by atoms with Crippen molar-refractivity contribution in [1.82, 2.24) is 4.90 Å². The van der Waals surface area contributed by atoms with Crippen LogP contribution in [0.4, 0.5) is 0 Å². The molecule has 0 radical (unpaired) electrons. The average Bonchev–Trinajstić information content (AvgIpc) is 2.98. The number of aliphatic hydroxyl groups is 1. The van der Waals surface area contributed by atoms with Gasteiger partial charge in [-0.1, -0.05) is 31.0 Å². The first-order valence-electron chi connectivity index (χ1n) is 9.23. The van der Waals surface area contributed by atoms with E-state index in [0.29, 0.717) is 12.1 Å². The lowest BCUT2D eigenvalue weighted by Crippen LogP contribution is -2.46. The van der Waals surface area contributed by atoms with Gasteiger partial charge in [-0.2, -0.15) is 0 Å². The summed E-state index contributed by atoms with van der Waals surface area (Å²) in [4.78, 5) is 2.46. The molecular weight excluding hydrogens is 322 g/mol. The quantitative estimate of drug-likeness (QED) is 0.876. The normalized spacial score (nSPS) is 27.9. The molecule has 1 saturated heterocycles. The van der Waals surface area contributed by atoms with Crippen molar-refractivity contribution in [3.8, 4) is 0 Å². The number of rotatable bonds is 5. The molecule has 1 aromatic rings. The van der Waals surface area contributed by atoms with E-state index in [1.165, 1.54) is 42.4 Å². The Balaban J connectivity index is 0.00000208. The maximum Gasteiger partial charge on any atom is 0.0730 e. The van der Waals surface area contributed by atoms with Gasteiger partial charge < -0.3 is 9.84 Å². The third-order valence-electron chi connectivity index (χ3n) is 5.63. The number of aryl methyl sites for hydroxylation is 2. The molecule has 3 nitrogen and oxygen atoms in total. The van der Waals surface area contributed by atoms with Crippen LogP contribution in [0.2, 0.25) is 0 Å². The van der Waals surface area contributed by atoms with Gasteiger partial charge in [0.25, 0.3) is 0 Å². The van der Waals surface area contributed by atoms with Crippen LogP contribution in [0, 0.1) is 13.8 Å². The topological polar surface area (TPSA) is 32.7 Å². The molecule has 3 rings (SSSR count). The Morgan fingerprint density at radius 3 is 2.62 bits per heavy atom. The zero-order valence-corrected chi connectivity index (χ0v) is 15.9. The highest BCUT2D eigenvalue weighted by Gasteiger charge is 2.34. The first-order chi connectivity index (χ1) is 11.1. The number of nitrogens with zero attached hydrogens (tertiary/aromatic N) is 1. The number of halogens is 1. The fraction of sp³-hybridized carbons (Fsp3) is 0.700. The van der Waals surface area contributed by atoms with E-state index in [0.717, 1.165) is 32.5 Å². The molecule has 0 spiro atoms. The molecule has 24 heavy (non-hydrogen) atoms. The molecule has 1 aliphatic heterocycles. The molecule has 1 N–H and O–H groups in total. The van der Waals surface area contributed by atoms with Gasteiger partial charge in [-0.25, -0.2) is 0 Å².